The first-order chi connectivity index (χ1) is 13.3. The second-order valence-electron chi connectivity index (χ2n) is 7.27. The highest BCUT2D eigenvalue weighted by atomic mass is 32.2. The number of carbonyl (C=O) groups excluding carboxylic acids is 1. The summed E-state index contributed by atoms with van der Waals surface area (Å²) in [5.74, 6) is -0.0119. The summed E-state index contributed by atoms with van der Waals surface area (Å²) in [6, 6.07) is 12.5. The third-order valence-corrected chi connectivity index (χ3v) is 6.32. The van der Waals surface area contributed by atoms with Crippen LogP contribution >= 0.6 is 0 Å². The van der Waals surface area contributed by atoms with Crippen molar-refractivity contribution < 1.29 is 17.6 Å². The van der Waals surface area contributed by atoms with Gasteiger partial charge in [-0.3, -0.25) is 4.79 Å². The smallest absolute Gasteiger partial charge is 0.287 e. The van der Waals surface area contributed by atoms with Crippen LogP contribution < -0.4 is 10.0 Å². The number of aryl methyl sites for hydroxylation is 2. The second kappa shape index (κ2) is 7.07. The third-order valence-electron chi connectivity index (χ3n) is 4.92. The van der Waals surface area contributed by atoms with E-state index in [1.807, 2.05) is 31.2 Å². The molecule has 7 heteroatoms. The van der Waals surface area contributed by atoms with Crippen molar-refractivity contribution in [1.82, 2.24) is 10.0 Å². The maximum absolute atomic E-state index is 12.7. The summed E-state index contributed by atoms with van der Waals surface area (Å²) in [6.07, 6.45) is 1.97. The van der Waals surface area contributed by atoms with Gasteiger partial charge >= 0.3 is 0 Å². The lowest BCUT2D eigenvalue weighted by Gasteiger charge is -2.07. The Morgan fingerprint density at radius 3 is 2.50 bits per heavy atom. The molecule has 1 aromatic heterocycles. The average Bonchev–Trinajstić information content (AvgIpc) is 3.42. The van der Waals surface area contributed by atoms with Crippen molar-refractivity contribution in [2.24, 2.45) is 0 Å². The number of nitrogens with one attached hydrogen (secondary N) is 2. The van der Waals surface area contributed by atoms with Gasteiger partial charge in [0.05, 0.1) is 4.90 Å². The maximum Gasteiger partial charge on any atom is 0.287 e. The summed E-state index contributed by atoms with van der Waals surface area (Å²) in [5, 5.41) is 3.52. The quantitative estimate of drug-likeness (QED) is 0.666. The van der Waals surface area contributed by atoms with Crippen molar-refractivity contribution in [3.8, 4) is 0 Å². The molecule has 4 rings (SSSR count). The molecule has 0 unspecified atom stereocenters. The minimum absolute atomic E-state index is 0.144. The zero-order valence-electron chi connectivity index (χ0n) is 15.8. The largest absolute Gasteiger partial charge is 0.451 e. The summed E-state index contributed by atoms with van der Waals surface area (Å²) in [7, 11) is -3.69. The Labute approximate surface area is 164 Å². The van der Waals surface area contributed by atoms with Crippen LogP contribution in [0.15, 0.2) is 51.8 Å². The van der Waals surface area contributed by atoms with E-state index >= 15 is 0 Å². The van der Waals surface area contributed by atoms with Crippen molar-refractivity contribution in [3.05, 3.63) is 64.9 Å². The molecule has 0 spiro atoms. The van der Waals surface area contributed by atoms with Gasteiger partial charge in [-0.15, -0.1) is 0 Å². The highest BCUT2D eigenvalue weighted by Crippen LogP contribution is 2.29. The molecule has 1 fully saturated rings. The number of sulfonamides is 1. The van der Waals surface area contributed by atoms with E-state index in [1.54, 1.807) is 19.1 Å². The molecule has 146 valence electrons. The molecule has 0 bridgehead atoms. The molecule has 0 atom stereocenters. The molecule has 2 N–H and O–H groups in total. The Kier molecular flexibility index (Phi) is 4.72. The van der Waals surface area contributed by atoms with E-state index in [4.69, 9.17) is 4.42 Å². The summed E-state index contributed by atoms with van der Waals surface area (Å²) in [6.45, 7) is 3.96. The fourth-order valence-electron chi connectivity index (χ4n) is 3.03. The highest BCUT2D eigenvalue weighted by Gasteiger charge is 2.27. The van der Waals surface area contributed by atoms with E-state index in [0.717, 1.165) is 24.0 Å². The van der Waals surface area contributed by atoms with Crippen LogP contribution in [-0.2, 0) is 16.6 Å². The Morgan fingerprint density at radius 1 is 1.11 bits per heavy atom. The number of hydrogen-bond acceptors (Lipinski definition) is 4. The van der Waals surface area contributed by atoms with Crippen molar-refractivity contribution in [2.75, 3.05) is 0 Å². The zero-order valence-corrected chi connectivity index (χ0v) is 16.6. The standard InChI is InChI=1S/C21H22N2O4S/c1-13-3-5-15(6-4-13)12-22-28(25,26)17-9-10-19-18(11-17)14(2)20(27-19)21(24)23-16-7-8-16/h3-6,9-11,16,22H,7-8,12H2,1-2H3,(H,23,24). The predicted molar refractivity (Wildman–Crippen MR) is 107 cm³/mol. The number of fused-ring (bicyclic) bond motifs is 1. The number of furan rings is 1. The van der Waals surface area contributed by atoms with Crippen molar-refractivity contribution in [3.63, 3.8) is 0 Å². The number of hydrogen-bond donors (Lipinski definition) is 2. The average molecular weight is 398 g/mol. The SMILES string of the molecule is Cc1ccc(CNS(=O)(=O)c2ccc3oc(C(=O)NC4CC4)c(C)c3c2)cc1. The van der Waals surface area contributed by atoms with E-state index < -0.39 is 10.0 Å². The molecule has 0 saturated heterocycles. The molecule has 1 saturated carbocycles. The van der Waals surface area contributed by atoms with E-state index in [-0.39, 0.29) is 29.1 Å². The van der Waals surface area contributed by atoms with Crippen molar-refractivity contribution in [1.29, 1.82) is 0 Å². The highest BCUT2D eigenvalue weighted by molar-refractivity contribution is 7.89. The van der Waals surface area contributed by atoms with Gasteiger partial charge in [0.25, 0.3) is 5.91 Å². The van der Waals surface area contributed by atoms with Gasteiger partial charge in [0.2, 0.25) is 10.0 Å². The third kappa shape index (κ3) is 3.81. The lowest BCUT2D eigenvalue weighted by molar-refractivity contribution is 0.0924. The molecule has 0 radical (unpaired) electrons. The van der Waals surface area contributed by atoms with E-state index in [1.165, 1.54) is 6.07 Å². The molecule has 1 aliphatic carbocycles. The van der Waals surface area contributed by atoms with Gasteiger partial charge in [-0.2, -0.15) is 0 Å². The van der Waals surface area contributed by atoms with E-state index in [0.29, 0.717) is 16.5 Å². The number of amides is 1. The topological polar surface area (TPSA) is 88.4 Å². The molecule has 3 aromatic rings. The van der Waals surface area contributed by atoms with Crippen LogP contribution in [0.5, 0.6) is 0 Å². The Bertz CT molecular complexity index is 1140. The van der Waals surface area contributed by atoms with Gasteiger partial charge in [0.1, 0.15) is 5.58 Å². The fraction of sp³-hybridized carbons (Fsp3) is 0.286. The minimum atomic E-state index is -3.69. The van der Waals surface area contributed by atoms with Crippen LogP contribution in [-0.4, -0.2) is 20.4 Å². The number of carbonyl (C=O) groups is 1. The summed E-state index contributed by atoms with van der Waals surface area (Å²) in [5.41, 5.74) is 3.14. The molecule has 1 aliphatic rings. The Morgan fingerprint density at radius 2 is 1.82 bits per heavy atom. The Hall–Kier alpha value is -2.64. The van der Waals surface area contributed by atoms with Crippen LogP contribution in [0, 0.1) is 13.8 Å². The lowest BCUT2D eigenvalue weighted by atomic mass is 10.1. The number of benzene rings is 2. The molecule has 0 aliphatic heterocycles. The van der Waals surface area contributed by atoms with Crippen LogP contribution in [0.25, 0.3) is 11.0 Å². The predicted octanol–water partition coefficient (Wildman–Crippen LogP) is 3.42. The first-order valence-electron chi connectivity index (χ1n) is 9.23. The van der Waals surface area contributed by atoms with Crippen LogP contribution in [0.4, 0.5) is 0 Å². The van der Waals surface area contributed by atoms with E-state index in [2.05, 4.69) is 10.0 Å². The zero-order chi connectivity index (χ0) is 19.9. The maximum atomic E-state index is 12.7. The van der Waals surface area contributed by atoms with Gasteiger partial charge in [0.15, 0.2) is 5.76 Å². The molecular weight excluding hydrogens is 376 g/mol. The van der Waals surface area contributed by atoms with Crippen LogP contribution in [0.1, 0.15) is 40.1 Å². The minimum Gasteiger partial charge on any atom is -0.451 e. The van der Waals surface area contributed by atoms with Crippen LogP contribution in [0.3, 0.4) is 0 Å². The van der Waals surface area contributed by atoms with Crippen LogP contribution in [0.2, 0.25) is 0 Å². The van der Waals surface area contributed by atoms with Crippen molar-refractivity contribution in [2.45, 2.75) is 44.2 Å². The Balaban J connectivity index is 1.58. The first-order valence-corrected chi connectivity index (χ1v) is 10.7. The van der Waals surface area contributed by atoms with Crippen molar-refractivity contribution >= 4 is 26.9 Å². The summed E-state index contributed by atoms with van der Waals surface area (Å²) in [4.78, 5) is 12.5. The summed E-state index contributed by atoms with van der Waals surface area (Å²) >= 11 is 0. The molecule has 28 heavy (non-hydrogen) atoms. The second-order valence-corrected chi connectivity index (χ2v) is 9.04. The van der Waals surface area contributed by atoms with Gasteiger partial charge in [-0.1, -0.05) is 29.8 Å². The van der Waals surface area contributed by atoms with Gasteiger partial charge in [0, 0.05) is 23.5 Å². The molecule has 1 heterocycles. The van der Waals surface area contributed by atoms with Gasteiger partial charge < -0.3 is 9.73 Å². The van der Waals surface area contributed by atoms with Gasteiger partial charge in [-0.05, 0) is 50.5 Å². The monoisotopic (exact) mass is 398 g/mol. The lowest BCUT2D eigenvalue weighted by Crippen LogP contribution is -2.25. The first kappa shape index (κ1) is 18.7. The van der Waals surface area contributed by atoms with Gasteiger partial charge in [-0.25, -0.2) is 13.1 Å². The molecular formula is C21H22N2O4S. The fourth-order valence-corrected chi connectivity index (χ4v) is 4.07. The molecule has 6 nitrogen and oxygen atoms in total. The normalized spacial score (nSPS) is 14.4. The summed E-state index contributed by atoms with van der Waals surface area (Å²) < 4.78 is 33.7. The molecule has 1 amide bonds. The number of rotatable bonds is 6. The van der Waals surface area contributed by atoms with E-state index in [9.17, 15) is 13.2 Å². The molecule has 2 aromatic carbocycles.